The molecule has 0 aliphatic rings. The van der Waals surface area contributed by atoms with Gasteiger partial charge < -0.3 is 5.73 Å². The maximum Gasteiger partial charge on any atom is 0.0963 e. The van der Waals surface area contributed by atoms with Crippen molar-refractivity contribution in [1.82, 2.24) is 15.0 Å². The number of hydrogen-bond acceptors (Lipinski definition) is 3. The molecule has 1 aromatic rings. The van der Waals surface area contributed by atoms with Crippen molar-refractivity contribution >= 4 is 5.84 Å². The molecule has 0 fully saturated rings. The Balaban J connectivity index is 2.32. The van der Waals surface area contributed by atoms with Crippen molar-refractivity contribution in [2.24, 2.45) is 16.6 Å². The largest absolute Gasteiger partial charge is 0.387 e. The van der Waals surface area contributed by atoms with Crippen LogP contribution in [0.25, 0.3) is 0 Å². The summed E-state index contributed by atoms with van der Waals surface area (Å²) < 4.78 is 1.73. The molecule has 2 N–H and O–H groups in total. The van der Waals surface area contributed by atoms with Crippen LogP contribution in [0.5, 0.6) is 0 Å². The number of nitrogens with zero attached hydrogens (tertiary/aromatic N) is 4. The maximum absolute atomic E-state index is 5.66. The average Bonchev–Trinajstić information content (AvgIpc) is 2.56. The van der Waals surface area contributed by atoms with Crippen LogP contribution in [0, 0.1) is 5.92 Å². The van der Waals surface area contributed by atoms with Gasteiger partial charge in [0.2, 0.25) is 0 Å². The van der Waals surface area contributed by atoms with E-state index >= 15 is 0 Å². The normalized spacial score (nSPS) is 12.4. The van der Waals surface area contributed by atoms with E-state index in [0.29, 0.717) is 18.3 Å². The van der Waals surface area contributed by atoms with Crippen molar-refractivity contribution in [2.45, 2.75) is 20.4 Å². The van der Waals surface area contributed by atoms with E-state index in [4.69, 9.17) is 5.73 Å². The number of rotatable bonds is 4. The molecule has 0 aromatic carbocycles. The number of hydrogen-bond donors (Lipinski definition) is 1. The molecule has 0 aliphatic carbocycles. The average molecular weight is 181 g/mol. The SMILES string of the molecule is CC(C)C(N)=NCCn1ccnn1. The molecule has 1 aromatic heterocycles. The molecule has 72 valence electrons. The van der Waals surface area contributed by atoms with Gasteiger partial charge in [-0.15, -0.1) is 5.10 Å². The van der Waals surface area contributed by atoms with Crippen LogP contribution < -0.4 is 5.73 Å². The van der Waals surface area contributed by atoms with E-state index in [2.05, 4.69) is 15.3 Å². The fourth-order valence-electron chi connectivity index (χ4n) is 0.816. The molecule has 1 heterocycles. The highest BCUT2D eigenvalue weighted by molar-refractivity contribution is 5.82. The zero-order valence-corrected chi connectivity index (χ0v) is 8.01. The summed E-state index contributed by atoms with van der Waals surface area (Å²) in [5.41, 5.74) is 5.66. The zero-order chi connectivity index (χ0) is 9.68. The highest BCUT2D eigenvalue weighted by Crippen LogP contribution is 1.91. The topological polar surface area (TPSA) is 69.1 Å². The molecule has 0 atom stereocenters. The third-order valence-electron chi connectivity index (χ3n) is 1.69. The third-order valence-corrected chi connectivity index (χ3v) is 1.69. The second-order valence-corrected chi connectivity index (χ2v) is 3.13. The zero-order valence-electron chi connectivity index (χ0n) is 8.01. The van der Waals surface area contributed by atoms with E-state index < -0.39 is 0 Å². The van der Waals surface area contributed by atoms with E-state index in [1.807, 2.05) is 13.8 Å². The Hall–Kier alpha value is -1.39. The summed E-state index contributed by atoms with van der Waals surface area (Å²) >= 11 is 0. The van der Waals surface area contributed by atoms with E-state index in [1.165, 1.54) is 0 Å². The van der Waals surface area contributed by atoms with Gasteiger partial charge in [0.1, 0.15) is 0 Å². The molecule has 0 unspecified atom stereocenters. The minimum atomic E-state index is 0.316. The summed E-state index contributed by atoms with van der Waals surface area (Å²) in [4.78, 5) is 4.20. The minimum Gasteiger partial charge on any atom is -0.387 e. The highest BCUT2D eigenvalue weighted by atomic mass is 15.4. The predicted octanol–water partition coefficient (Wildman–Crippen LogP) is 0.291. The smallest absolute Gasteiger partial charge is 0.0963 e. The summed E-state index contributed by atoms with van der Waals surface area (Å²) in [6, 6.07) is 0. The van der Waals surface area contributed by atoms with Crippen molar-refractivity contribution in [3.05, 3.63) is 12.4 Å². The van der Waals surface area contributed by atoms with Gasteiger partial charge in [0.05, 0.1) is 25.1 Å². The Morgan fingerprint density at radius 3 is 2.92 bits per heavy atom. The molecule has 5 nitrogen and oxygen atoms in total. The summed E-state index contributed by atoms with van der Waals surface area (Å²) in [7, 11) is 0. The van der Waals surface area contributed by atoms with E-state index in [9.17, 15) is 0 Å². The van der Waals surface area contributed by atoms with Crippen LogP contribution in [0.1, 0.15) is 13.8 Å². The molecule has 1 rings (SSSR count). The summed E-state index contributed by atoms with van der Waals surface area (Å²) in [6.07, 6.45) is 3.45. The molecule has 13 heavy (non-hydrogen) atoms. The monoisotopic (exact) mass is 181 g/mol. The molecule has 0 radical (unpaired) electrons. The summed E-state index contributed by atoms with van der Waals surface area (Å²) in [5, 5.41) is 7.50. The lowest BCUT2D eigenvalue weighted by atomic mass is 10.2. The van der Waals surface area contributed by atoms with Crippen LogP contribution in [0.4, 0.5) is 0 Å². The number of aliphatic imine (C=N–C) groups is 1. The first kappa shape index (κ1) is 9.70. The molecule has 0 aliphatic heterocycles. The Bertz CT molecular complexity index is 262. The van der Waals surface area contributed by atoms with E-state index in [0.717, 1.165) is 6.54 Å². The van der Waals surface area contributed by atoms with Gasteiger partial charge in [-0.2, -0.15) is 0 Å². The molecular weight excluding hydrogens is 166 g/mol. The Morgan fingerprint density at radius 2 is 2.38 bits per heavy atom. The fourth-order valence-corrected chi connectivity index (χ4v) is 0.816. The van der Waals surface area contributed by atoms with Crippen LogP contribution in [-0.2, 0) is 6.54 Å². The van der Waals surface area contributed by atoms with Crippen molar-refractivity contribution in [3.63, 3.8) is 0 Å². The standard InChI is InChI=1S/C8H15N5/c1-7(2)8(9)10-3-5-13-6-4-11-12-13/h4,6-7H,3,5H2,1-2H3,(H2,9,10). The fraction of sp³-hybridized carbons (Fsp3) is 0.625. The van der Waals surface area contributed by atoms with Crippen LogP contribution in [0.15, 0.2) is 17.4 Å². The lowest BCUT2D eigenvalue weighted by Gasteiger charge is -2.03. The minimum absolute atomic E-state index is 0.316. The Labute approximate surface area is 77.7 Å². The molecule has 0 amide bonds. The third kappa shape index (κ3) is 3.23. The summed E-state index contributed by atoms with van der Waals surface area (Å²) in [5.74, 6) is 1.01. The van der Waals surface area contributed by atoms with Gasteiger partial charge in [-0.05, 0) is 0 Å². The van der Waals surface area contributed by atoms with Gasteiger partial charge in [0.15, 0.2) is 0 Å². The van der Waals surface area contributed by atoms with E-state index in [1.54, 1.807) is 17.1 Å². The summed E-state index contributed by atoms with van der Waals surface area (Å²) in [6.45, 7) is 5.43. The highest BCUT2D eigenvalue weighted by Gasteiger charge is 1.97. The molecule has 0 spiro atoms. The second-order valence-electron chi connectivity index (χ2n) is 3.13. The maximum atomic E-state index is 5.66. The Morgan fingerprint density at radius 1 is 1.62 bits per heavy atom. The lowest BCUT2D eigenvalue weighted by Crippen LogP contribution is -2.20. The van der Waals surface area contributed by atoms with Crippen molar-refractivity contribution < 1.29 is 0 Å². The van der Waals surface area contributed by atoms with Crippen molar-refractivity contribution in [3.8, 4) is 0 Å². The van der Waals surface area contributed by atoms with Crippen LogP contribution >= 0.6 is 0 Å². The van der Waals surface area contributed by atoms with Gasteiger partial charge in [-0.25, -0.2) is 0 Å². The first-order valence-electron chi connectivity index (χ1n) is 4.34. The second kappa shape index (κ2) is 4.59. The Kier molecular flexibility index (Phi) is 3.42. The van der Waals surface area contributed by atoms with E-state index in [-0.39, 0.29) is 0 Å². The molecule has 0 bridgehead atoms. The molecular formula is C8H15N5. The first-order valence-corrected chi connectivity index (χ1v) is 4.34. The quantitative estimate of drug-likeness (QED) is 0.536. The van der Waals surface area contributed by atoms with Gasteiger partial charge in [0.25, 0.3) is 0 Å². The van der Waals surface area contributed by atoms with Gasteiger partial charge in [0, 0.05) is 12.1 Å². The van der Waals surface area contributed by atoms with Crippen LogP contribution in [-0.4, -0.2) is 27.4 Å². The van der Waals surface area contributed by atoms with Gasteiger partial charge in [-0.3, -0.25) is 9.67 Å². The van der Waals surface area contributed by atoms with Gasteiger partial charge in [-0.1, -0.05) is 19.1 Å². The molecule has 5 heteroatoms. The number of amidine groups is 1. The van der Waals surface area contributed by atoms with Crippen LogP contribution in [0.2, 0.25) is 0 Å². The van der Waals surface area contributed by atoms with Gasteiger partial charge >= 0.3 is 0 Å². The number of aromatic nitrogens is 3. The predicted molar refractivity (Wildman–Crippen MR) is 51.3 cm³/mol. The molecule has 0 saturated carbocycles. The number of nitrogens with two attached hydrogens (primary N) is 1. The van der Waals surface area contributed by atoms with Crippen LogP contribution in [0.3, 0.4) is 0 Å². The molecule has 0 saturated heterocycles. The lowest BCUT2D eigenvalue weighted by molar-refractivity contribution is 0.597. The van der Waals surface area contributed by atoms with Crippen molar-refractivity contribution in [1.29, 1.82) is 0 Å². The first-order chi connectivity index (χ1) is 6.20. The van der Waals surface area contributed by atoms with Crippen molar-refractivity contribution in [2.75, 3.05) is 6.54 Å².